The lowest BCUT2D eigenvalue weighted by Gasteiger charge is -2.32. The maximum absolute atomic E-state index is 12.4. The number of hydrogen-bond acceptors (Lipinski definition) is 3. The van der Waals surface area contributed by atoms with Crippen LogP contribution in [-0.4, -0.2) is 60.9 Å². The SMILES string of the molecule is CCCN(CC(=O)N(C)C)C(=O)C(C)(C)NCC. The third kappa shape index (κ3) is 5.04. The van der Waals surface area contributed by atoms with E-state index >= 15 is 0 Å². The van der Waals surface area contributed by atoms with E-state index in [2.05, 4.69) is 5.32 Å². The number of nitrogens with zero attached hydrogens (tertiary/aromatic N) is 2. The van der Waals surface area contributed by atoms with Crippen molar-refractivity contribution in [1.29, 1.82) is 0 Å². The molecule has 0 aliphatic rings. The molecule has 106 valence electrons. The van der Waals surface area contributed by atoms with Gasteiger partial charge in [0.15, 0.2) is 0 Å². The van der Waals surface area contributed by atoms with Crippen LogP contribution in [0, 0.1) is 0 Å². The summed E-state index contributed by atoms with van der Waals surface area (Å²) in [5.41, 5.74) is -0.628. The summed E-state index contributed by atoms with van der Waals surface area (Å²) in [6.07, 6.45) is 0.842. The lowest BCUT2D eigenvalue weighted by Crippen LogP contribution is -2.55. The molecule has 0 aliphatic heterocycles. The number of hydrogen-bond donors (Lipinski definition) is 1. The van der Waals surface area contributed by atoms with Gasteiger partial charge in [0.05, 0.1) is 12.1 Å². The number of nitrogens with one attached hydrogen (secondary N) is 1. The summed E-state index contributed by atoms with van der Waals surface area (Å²) in [6.45, 7) is 9.14. The van der Waals surface area contributed by atoms with Crippen LogP contribution >= 0.6 is 0 Å². The van der Waals surface area contributed by atoms with Crippen molar-refractivity contribution in [2.75, 3.05) is 33.7 Å². The lowest BCUT2D eigenvalue weighted by atomic mass is 10.0. The summed E-state index contributed by atoms with van der Waals surface area (Å²) >= 11 is 0. The third-order valence-electron chi connectivity index (χ3n) is 2.76. The Hall–Kier alpha value is -1.10. The quantitative estimate of drug-likeness (QED) is 0.730. The Morgan fingerprint density at radius 3 is 2.11 bits per heavy atom. The standard InChI is InChI=1S/C13H27N3O2/c1-7-9-16(10-11(17)15(5)6)12(18)13(3,4)14-8-2/h14H,7-10H2,1-6H3. The second-order valence-corrected chi connectivity index (χ2v) is 5.17. The van der Waals surface area contributed by atoms with Crippen molar-refractivity contribution in [2.45, 2.75) is 39.7 Å². The van der Waals surface area contributed by atoms with Gasteiger partial charge in [0.25, 0.3) is 0 Å². The Kier molecular flexibility index (Phi) is 6.91. The Morgan fingerprint density at radius 1 is 1.17 bits per heavy atom. The lowest BCUT2D eigenvalue weighted by molar-refractivity contribution is -0.143. The molecular formula is C13H27N3O2. The van der Waals surface area contributed by atoms with E-state index in [9.17, 15) is 9.59 Å². The Morgan fingerprint density at radius 2 is 1.72 bits per heavy atom. The molecule has 5 heteroatoms. The molecule has 0 aromatic rings. The van der Waals surface area contributed by atoms with Crippen LogP contribution in [0.15, 0.2) is 0 Å². The van der Waals surface area contributed by atoms with Gasteiger partial charge in [-0.1, -0.05) is 13.8 Å². The molecule has 0 bridgehead atoms. The molecule has 0 atom stereocenters. The van der Waals surface area contributed by atoms with E-state index in [1.54, 1.807) is 19.0 Å². The fourth-order valence-electron chi connectivity index (χ4n) is 1.74. The molecule has 0 radical (unpaired) electrons. The highest BCUT2D eigenvalue weighted by Crippen LogP contribution is 2.09. The van der Waals surface area contributed by atoms with Crippen LogP contribution < -0.4 is 5.32 Å². The van der Waals surface area contributed by atoms with Crippen molar-refractivity contribution in [1.82, 2.24) is 15.1 Å². The van der Waals surface area contributed by atoms with Crippen molar-refractivity contribution in [3.63, 3.8) is 0 Å². The average Bonchev–Trinajstić information content (AvgIpc) is 2.27. The molecule has 0 saturated carbocycles. The molecule has 0 saturated heterocycles. The molecular weight excluding hydrogens is 230 g/mol. The van der Waals surface area contributed by atoms with E-state index in [0.717, 1.165) is 13.0 Å². The van der Waals surface area contributed by atoms with Gasteiger partial charge in [-0.25, -0.2) is 0 Å². The second kappa shape index (κ2) is 7.36. The summed E-state index contributed by atoms with van der Waals surface area (Å²) in [4.78, 5) is 27.3. The van der Waals surface area contributed by atoms with Crippen molar-refractivity contribution >= 4 is 11.8 Å². The van der Waals surface area contributed by atoms with Crippen molar-refractivity contribution in [3.8, 4) is 0 Å². The summed E-state index contributed by atoms with van der Waals surface area (Å²) in [5.74, 6) is -0.0782. The zero-order chi connectivity index (χ0) is 14.3. The van der Waals surface area contributed by atoms with Gasteiger partial charge in [-0.15, -0.1) is 0 Å². The van der Waals surface area contributed by atoms with Crippen molar-refractivity contribution in [3.05, 3.63) is 0 Å². The predicted molar refractivity (Wildman–Crippen MR) is 73.3 cm³/mol. The highest BCUT2D eigenvalue weighted by Gasteiger charge is 2.31. The molecule has 0 aromatic carbocycles. The molecule has 0 fully saturated rings. The number of carbonyl (C=O) groups is 2. The minimum atomic E-state index is -0.628. The fraction of sp³-hybridized carbons (Fsp3) is 0.846. The first-order valence-corrected chi connectivity index (χ1v) is 6.50. The van der Waals surface area contributed by atoms with Gasteiger partial charge in [0.1, 0.15) is 0 Å². The van der Waals surface area contributed by atoms with E-state index in [4.69, 9.17) is 0 Å². The monoisotopic (exact) mass is 257 g/mol. The number of rotatable bonds is 7. The molecule has 5 nitrogen and oxygen atoms in total. The molecule has 18 heavy (non-hydrogen) atoms. The first kappa shape index (κ1) is 16.9. The number of amides is 2. The van der Waals surface area contributed by atoms with Gasteiger partial charge < -0.3 is 15.1 Å². The average molecular weight is 257 g/mol. The number of likely N-dealkylation sites (N-methyl/N-ethyl adjacent to an activating group) is 2. The highest BCUT2D eigenvalue weighted by atomic mass is 16.2. The minimum Gasteiger partial charge on any atom is -0.347 e. The van der Waals surface area contributed by atoms with Crippen molar-refractivity contribution < 1.29 is 9.59 Å². The van der Waals surface area contributed by atoms with Gasteiger partial charge in [0, 0.05) is 20.6 Å². The largest absolute Gasteiger partial charge is 0.347 e. The van der Waals surface area contributed by atoms with Crippen LogP contribution in [-0.2, 0) is 9.59 Å². The fourth-order valence-corrected chi connectivity index (χ4v) is 1.74. The maximum Gasteiger partial charge on any atom is 0.242 e. The van der Waals surface area contributed by atoms with Gasteiger partial charge in [-0.2, -0.15) is 0 Å². The van der Waals surface area contributed by atoms with E-state index in [1.165, 1.54) is 4.90 Å². The van der Waals surface area contributed by atoms with Crippen LogP contribution in [0.2, 0.25) is 0 Å². The van der Waals surface area contributed by atoms with Gasteiger partial charge >= 0.3 is 0 Å². The smallest absolute Gasteiger partial charge is 0.242 e. The normalized spacial score (nSPS) is 11.2. The summed E-state index contributed by atoms with van der Waals surface area (Å²) in [6, 6.07) is 0. The Balaban J connectivity index is 4.78. The van der Waals surface area contributed by atoms with E-state index in [0.29, 0.717) is 6.54 Å². The molecule has 2 amide bonds. The maximum atomic E-state index is 12.4. The molecule has 0 heterocycles. The Bertz CT molecular complexity index is 288. The zero-order valence-electron chi connectivity index (χ0n) is 12.5. The summed E-state index contributed by atoms with van der Waals surface area (Å²) < 4.78 is 0. The first-order valence-electron chi connectivity index (χ1n) is 6.50. The van der Waals surface area contributed by atoms with Gasteiger partial charge in [0.2, 0.25) is 11.8 Å². The van der Waals surface area contributed by atoms with Crippen molar-refractivity contribution in [2.24, 2.45) is 0 Å². The molecule has 0 unspecified atom stereocenters. The molecule has 0 aliphatic carbocycles. The minimum absolute atomic E-state index is 0.0265. The topological polar surface area (TPSA) is 52.7 Å². The summed E-state index contributed by atoms with van der Waals surface area (Å²) in [7, 11) is 3.40. The summed E-state index contributed by atoms with van der Waals surface area (Å²) in [5, 5.41) is 3.15. The van der Waals surface area contributed by atoms with Gasteiger partial charge in [-0.05, 0) is 26.8 Å². The zero-order valence-corrected chi connectivity index (χ0v) is 12.5. The van der Waals surface area contributed by atoms with Crippen LogP contribution in [0.3, 0.4) is 0 Å². The first-order chi connectivity index (χ1) is 8.26. The Labute approximate surface area is 111 Å². The molecule has 0 spiro atoms. The molecule has 0 rings (SSSR count). The van der Waals surface area contributed by atoms with Crippen LogP contribution in [0.5, 0.6) is 0 Å². The van der Waals surface area contributed by atoms with Crippen LogP contribution in [0.1, 0.15) is 34.1 Å². The predicted octanol–water partition coefficient (Wildman–Crippen LogP) is 0.701. The molecule has 1 N–H and O–H groups in total. The van der Waals surface area contributed by atoms with E-state index in [1.807, 2.05) is 27.7 Å². The van der Waals surface area contributed by atoms with Crippen LogP contribution in [0.4, 0.5) is 0 Å². The van der Waals surface area contributed by atoms with E-state index in [-0.39, 0.29) is 18.4 Å². The molecule has 0 aromatic heterocycles. The highest BCUT2D eigenvalue weighted by molar-refractivity contribution is 5.89. The van der Waals surface area contributed by atoms with E-state index < -0.39 is 5.54 Å². The van der Waals surface area contributed by atoms with Gasteiger partial charge in [-0.3, -0.25) is 9.59 Å². The number of carbonyl (C=O) groups excluding carboxylic acids is 2. The third-order valence-corrected chi connectivity index (χ3v) is 2.76. The second-order valence-electron chi connectivity index (χ2n) is 5.17. The van der Waals surface area contributed by atoms with Crippen LogP contribution in [0.25, 0.3) is 0 Å².